The van der Waals surface area contributed by atoms with E-state index in [9.17, 15) is 9.59 Å². The molecule has 1 aromatic rings. The maximum absolute atomic E-state index is 12.0. The van der Waals surface area contributed by atoms with E-state index in [-0.39, 0.29) is 12.5 Å². The van der Waals surface area contributed by atoms with Crippen LogP contribution < -0.4 is 0 Å². The maximum atomic E-state index is 12.0. The van der Waals surface area contributed by atoms with Crippen LogP contribution in [-0.2, 0) is 9.59 Å². The second kappa shape index (κ2) is 6.35. The van der Waals surface area contributed by atoms with Crippen LogP contribution in [0, 0.1) is 0 Å². The minimum atomic E-state index is -1.00. The van der Waals surface area contributed by atoms with Gasteiger partial charge in [0.15, 0.2) is 0 Å². The summed E-state index contributed by atoms with van der Waals surface area (Å²) >= 11 is 1.47. The third-order valence-corrected chi connectivity index (χ3v) is 4.48. The molecule has 1 N–H and O–H groups in total. The fraction of sp³-hybridized carbons (Fsp3) is 0.375. The molecule has 0 atom stereocenters. The van der Waals surface area contributed by atoms with Crippen LogP contribution in [0.5, 0.6) is 0 Å². The highest BCUT2D eigenvalue weighted by molar-refractivity contribution is 8.03. The molecule has 0 aliphatic carbocycles. The van der Waals surface area contributed by atoms with Gasteiger partial charge in [0.1, 0.15) is 6.54 Å². The van der Waals surface area contributed by atoms with Gasteiger partial charge >= 0.3 is 5.97 Å². The van der Waals surface area contributed by atoms with Crippen molar-refractivity contribution in [1.29, 1.82) is 0 Å². The number of hydrogen-bond acceptors (Lipinski definition) is 3. The van der Waals surface area contributed by atoms with Gasteiger partial charge < -0.3 is 5.11 Å². The Kier molecular flexibility index (Phi) is 4.73. The lowest BCUT2D eigenvalue weighted by Crippen LogP contribution is -2.38. The fourth-order valence-electron chi connectivity index (χ4n) is 2.32. The molecule has 1 heterocycles. The van der Waals surface area contributed by atoms with E-state index in [1.54, 1.807) is 0 Å². The topological polar surface area (TPSA) is 57.6 Å². The van der Waals surface area contributed by atoms with Gasteiger partial charge in [0, 0.05) is 4.91 Å². The molecule has 0 radical (unpaired) electrons. The standard InChI is InChI=1S/C16H19NO3S/c1-10(2)12-4-6-13(7-5-12)16-11(3)21-9-14(18)17(16)8-15(19)20/h4-7,10H,8-9H2,1-3H3,(H,19,20). The summed E-state index contributed by atoms with van der Waals surface area (Å²) in [5.74, 6) is -0.422. The van der Waals surface area contributed by atoms with Crippen molar-refractivity contribution in [2.45, 2.75) is 26.7 Å². The van der Waals surface area contributed by atoms with Crippen molar-refractivity contribution in [3.63, 3.8) is 0 Å². The van der Waals surface area contributed by atoms with Gasteiger partial charge in [0.2, 0.25) is 5.91 Å². The number of carboxylic acid groups (broad SMARTS) is 1. The molecular weight excluding hydrogens is 286 g/mol. The summed E-state index contributed by atoms with van der Waals surface area (Å²) in [4.78, 5) is 25.4. The smallest absolute Gasteiger partial charge is 0.323 e. The lowest BCUT2D eigenvalue weighted by atomic mass is 10.0. The molecule has 0 aromatic heterocycles. The molecule has 0 fully saturated rings. The van der Waals surface area contributed by atoms with E-state index in [4.69, 9.17) is 5.11 Å². The van der Waals surface area contributed by atoms with Gasteiger partial charge in [-0.3, -0.25) is 14.5 Å². The normalized spacial score (nSPS) is 15.8. The van der Waals surface area contributed by atoms with E-state index in [2.05, 4.69) is 13.8 Å². The maximum Gasteiger partial charge on any atom is 0.323 e. The van der Waals surface area contributed by atoms with Crippen LogP contribution in [0.3, 0.4) is 0 Å². The molecule has 1 aliphatic heterocycles. The number of benzene rings is 1. The van der Waals surface area contributed by atoms with Crippen molar-refractivity contribution in [3.8, 4) is 0 Å². The van der Waals surface area contributed by atoms with Gasteiger partial charge in [-0.15, -0.1) is 11.8 Å². The van der Waals surface area contributed by atoms with Crippen LogP contribution in [0.4, 0.5) is 0 Å². The summed E-state index contributed by atoms with van der Waals surface area (Å²) in [5.41, 5.74) is 2.82. The molecule has 112 valence electrons. The Morgan fingerprint density at radius 3 is 2.48 bits per heavy atom. The predicted molar refractivity (Wildman–Crippen MR) is 84.9 cm³/mol. The average molecular weight is 305 g/mol. The van der Waals surface area contributed by atoms with Crippen LogP contribution in [0.1, 0.15) is 37.8 Å². The number of carboxylic acids is 1. The summed E-state index contributed by atoms with van der Waals surface area (Å²) in [5, 5.41) is 9.03. The van der Waals surface area contributed by atoms with Crippen molar-refractivity contribution >= 4 is 29.3 Å². The van der Waals surface area contributed by atoms with Crippen LogP contribution in [0.25, 0.3) is 5.70 Å². The molecule has 1 aliphatic rings. The fourth-order valence-corrected chi connectivity index (χ4v) is 3.18. The van der Waals surface area contributed by atoms with E-state index >= 15 is 0 Å². The van der Waals surface area contributed by atoms with Crippen molar-refractivity contribution in [2.24, 2.45) is 0 Å². The Morgan fingerprint density at radius 1 is 1.33 bits per heavy atom. The van der Waals surface area contributed by atoms with Gasteiger partial charge in [0.05, 0.1) is 11.4 Å². The zero-order chi connectivity index (χ0) is 15.6. The molecular formula is C16H19NO3S. The molecule has 0 saturated carbocycles. The Morgan fingerprint density at radius 2 is 1.95 bits per heavy atom. The van der Waals surface area contributed by atoms with Crippen LogP contribution in [0.15, 0.2) is 29.2 Å². The first kappa shape index (κ1) is 15.6. The number of amides is 1. The Balaban J connectivity index is 2.41. The third-order valence-electron chi connectivity index (χ3n) is 3.46. The first-order valence-corrected chi connectivity index (χ1v) is 7.85. The molecule has 2 rings (SSSR count). The highest BCUT2D eigenvalue weighted by Crippen LogP contribution is 2.34. The van der Waals surface area contributed by atoms with Crippen molar-refractivity contribution in [2.75, 3.05) is 12.3 Å². The van der Waals surface area contributed by atoms with Crippen molar-refractivity contribution in [1.82, 2.24) is 4.90 Å². The van der Waals surface area contributed by atoms with Crippen molar-refractivity contribution < 1.29 is 14.7 Å². The minimum Gasteiger partial charge on any atom is -0.480 e. The lowest BCUT2D eigenvalue weighted by Gasteiger charge is -2.30. The van der Waals surface area contributed by atoms with Crippen LogP contribution >= 0.6 is 11.8 Å². The van der Waals surface area contributed by atoms with Gasteiger partial charge in [-0.25, -0.2) is 0 Å². The largest absolute Gasteiger partial charge is 0.480 e. The Bertz CT molecular complexity index is 590. The van der Waals surface area contributed by atoms with Gasteiger partial charge in [0.25, 0.3) is 0 Å². The van der Waals surface area contributed by atoms with Crippen molar-refractivity contribution in [3.05, 3.63) is 40.3 Å². The van der Waals surface area contributed by atoms with Crippen LogP contribution in [-0.4, -0.2) is 34.2 Å². The molecule has 4 nitrogen and oxygen atoms in total. The quantitative estimate of drug-likeness (QED) is 0.928. The van der Waals surface area contributed by atoms with Gasteiger partial charge in [-0.2, -0.15) is 0 Å². The number of aliphatic carboxylic acids is 1. The highest BCUT2D eigenvalue weighted by atomic mass is 32.2. The number of nitrogens with zero attached hydrogens (tertiary/aromatic N) is 1. The minimum absolute atomic E-state index is 0.157. The first-order valence-electron chi connectivity index (χ1n) is 6.86. The molecule has 0 bridgehead atoms. The molecule has 21 heavy (non-hydrogen) atoms. The van der Waals surface area contributed by atoms with E-state index in [0.29, 0.717) is 17.4 Å². The zero-order valence-electron chi connectivity index (χ0n) is 12.4. The predicted octanol–water partition coefficient (Wildman–Crippen LogP) is 3.16. The zero-order valence-corrected chi connectivity index (χ0v) is 13.2. The summed E-state index contributed by atoms with van der Waals surface area (Å²) in [6.07, 6.45) is 0. The first-order chi connectivity index (χ1) is 9.90. The van der Waals surface area contributed by atoms with Gasteiger partial charge in [-0.1, -0.05) is 38.1 Å². The summed E-state index contributed by atoms with van der Waals surface area (Å²) in [6.45, 7) is 5.88. The molecule has 5 heteroatoms. The number of hydrogen-bond donors (Lipinski definition) is 1. The molecule has 0 spiro atoms. The van der Waals surface area contributed by atoms with E-state index in [0.717, 1.165) is 10.5 Å². The number of thioether (sulfide) groups is 1. The summed E-state index contributed by atoms with van der Waals surface area (Å²) in [6, 6.07) is 7.98. The van der Waals surface area contributed by atoms with E-state index < -0.39 is 5.97 Å². The Labute approximate surface area is 128 Å². The average Bonchev–Trinajstić information content (AvgIpc) is 2.43. The number of carbonyl (C=O) groups excluding carboxylic acids is 1. The number of allylic oxidation sites excluding steroid dienone is 1. The molecule has 1 aromatic carbocycles. The van der Waals surface area contributed by atoms with E-state index in [1.807, 2.05) is 31.2 Å². The molecule has 0 saturated heterocycles. The van der Waals surface area contributed by atoms with Gasteiger partial charge in [-0.05, 0) is 24.0 Å². The second-order valence-corrected chi connectivity index (χ2v) is 6.53. The number of rotatable bonds is 4. The van der Waals surface area contributed by atoms with E-state index in [1.165, 1.54) is 22.2 Å². The monoisotopic (exact) mass is 305 g/mol. The second-order valence-electron chi connectivity index (χ2n) is 5.34. The summed E-state index contributed by atoms with van der Waals surface area (Å²) < 4.78 is 0. The summed E-state index contributed by atoms with van der Waals surface area (Å²) in [7, 11) is 0. The molecule has 1 amide bonds. The highest BCUT2D eigenvalue weighted by Gasteiger charge is 2.28. The molecule has 0 unspecified atom stereocenters. The SMILES string of the molecule is CC1=C(c2ccc(C(C)C)cc2)N(CC(=O)O)C(=O)CS1. The van der Waals surface area contributed by atoms with Crippen LogP contribution in [0.2, 0.25) is 0 Å². The Hall–Kier alpha value is -1.75. The number of carbonyl (C=O) groups is 2. The lowest BCUT2D eigenvalue weighted by molar-refractivity contribution is -0.141. The third kappa shape index (κ3) is 3.47.